The van der Waals surface area contributed by atoms with Crippen molar-refractivity contribution in [3.8, 4) is 5.75 Å². The fraction of sp³-hybridized carbons (Fsp3) is 0.455. The molecule has 70 valence electrons. The fourth-order valence-electron chi connectivity index (χ4n) is 2.01. The van der Waals surface area contributed by atoms with Gasteiger partial charge in [0.25, 0.3) is 0 Å². The van der Waals surface area contributed by atoms with Gasteiger partial charge in [0.2, 0.25) is 0 Å². The summed E-state index contributed by atoms with van der Waals surface area (Å²) >= 11 is 0. The molecule has 1 saturated carbocycles. The van der Waals surface area contributed by atoms with Gasteiger partial charge in [-0.05, 0) is 43.4 Å². The number of phenols is 1. The number of hydrogen-bond acceptors (Lipinski definition) is 1. The van der Waals surface area contributed by atoms with Gasteiger partial charge in [0.15, 0.2) is 0 Å². The lowest BCUT2D eigenvalue weighted by Gasteiger charge is -2.19. The number of rotatable bonds is 1. The van der Waals surface area contributed by atoms with Gasteiger partial charge in [-0.2, -0.15) is 0 Å². The number of hydrogen-bond donors (Lipinski definition) is 1. The van der Waals surface area contributed by atoms with Crippen molar-refractivity contribution in [2.75, 3.05) is 0 Å². The number of benzene rings is 1. The Labute approximate surface area is 77.2 Å². The van der Waals surface area contributed by atoms with Crippen LogP contribution in [0.5, 0.6) is 5.75 Å². The summed E-state index contributed by atoms with van der Waals surface area (Å²) in [6.07, 6.45) is 3.09. The first kappa shape index (κ1) is 8.54. The Morgan fingerprint density at radius 3 is 2.54 bits per heavy atom. The third-order valence-electron chi connectivity index (χ3n) is 2.76. The van der Waals surface area contributed by atoms with Crippen LogP contribution in [0.1, 0.15) is 31.2 Å². The molecule has 2 rings (SSSR count). The summed E-state index contributed by atoms with van der Waals surface area (Å²) in [5.41, 5.74) is -0.552. The molecule has 13 heavy (non-hydrogen) atoms. The topological polar surface area (TPSA) is 20.2 Å². The maximum Gasteiger partial charge on any atom is 0.136 e. The van der Waals surface area contributed by atoms with Crippen LogP contribution in [0.15, 0.2) is 24.3 Å². The van der Waals surface area contributed by atoms with Crippen LogP contribution in [-0.2, 0) is 5.67 Å². The van der Waals surface area contributed by atoms with E-state index in [9.17, 15) is 9.50 Å². The molecule has 0 aromatic heterocycles. The van der Waals surface area contributed by atoms with E-state index in [1.807, 2.05) is 0 Å². The minimum Gasteiger partial charge on any atom is -0.508 e. The molecular formula is C11H13FO. The molecular weight excluding hydrogens is 167 g/mol. The van der Waals surface area contributed by atoms with Gasteiger partial charge in [0.1, 0.15) is 11.4 Å². The van der Waals surface area contributed by atoms with Gasteiger partial charge in [-0.3, -0.25) is 0 Å². The van der Waals surface area contributed by atoms with Crippen LogP contribution in [0, 0.1) is 0 Å². The largest absolute Gasteiger partial charge is 0.508 e. The predicted octanol–water partition coefficient (Wildman–Crippen LogP) is 3.13. The molecule has 1 aliphatic carbocycles. The van der Waals surface area contributed by atoms with Gasteiger partial charge in [-0.15, -0.1) is 0 Å². The lowest BCUT2D eigenvalue weighted by atomic mass is 9.94. The van der Waals surface area contributed by atoms with E-state index in [-0.39, 0.29) is 5.75 Å². The molecule has 0 unspecified atom stereocenters. The lowest BCUT2D eigenvalue weighted by Crippen LogP contribution is -2.14. The fourth-order valence-corrected chi connectivity index (χ4v) is 2.01. The zero-order chi connectivity index (χ0) is 9.31. The second-order valence-electron chi connectivity index (χ2n) is 3.72. The van der Waals surface area contributed by atoms with E-state index < -0.39 is 5.67 Å². The molecule has 0 atom stereocenters. The normalized spacial score (nSPS) is 20.4. The van der Waals surface area contributed by atoms with Gasteiger partial charge in [0, 0.05) is 0 Å². The highest BCUT2D eigenvalue weighted by Gasteiger charge is 2.35. The van der Waals surface area contributed by atoms with Crippen LogP contribution in [0.25, 0.3) is 0 Å². The Kier molecular flexibility index (Phi) is 1.98. The minimum absolute atomic E-state index is 0.154. The van der Waals surface area contributed by atoms with E-state index in [0.29, 0.717) is 18.4 Å². The van der Waals surface area contributed by atoms with Crippen molar-refractivity contribution in [1.29, 1.82) is 0 Å². The molecule has 0 spiro atoms. The number of halogens is 1. The van der Waals surface area contributed by atoms with Gasteiger partial charge >= 0.3 is 0 Å². The van der Waals surface area contributed by atoms with Crippen molar-refractivity contribution in [2.24, 2.45) is 0 Å². The highest BCUT2D eigenvalue weighted by Crippen LogP contribution is 2.42. The minimum atomic E-state index is -1.18. The molecule has 0 amide bonds. The number of phenolic OH excluding ortho intramolecular Hbond substituents is 1. The van der Waals surface area contributed by atoms with E-state index >= 15 is 0 Å². The molecule has 1 nitrogen and oxygen atoms in total. The Bertz CT molecular complexity index is 303. The Morgan fingerprint density at radius 1 is 1.23 bits per heavy atom. The van der Waals surface area contributed by atoms with Crippen LogP contribution in [0.2, 0.25) is 0 Å². The highest BCUT2D eigenvalue weighted by atomic mass is 19.1. The van der Waals surface area contributed by atoms with Crippen molar-refractivity contribution >= 4 is 0 Å². The summed E-state index contributed by atoms with van der Waals surface area (Å²) in [6, 6.07) is 6.56. The molecule has 0 saturated heterocycles. The van der Waals surface area contributed by atoms with Crippen molar-refractivity contribution < 1.29 is 9.50 Å². The zero-order valence-electron chi connectivity index (χ0n) is 7.46. The third kappa shape index (κ3) is 1.53. The Balaban J connectivity index is 2.33. The van der Waals surface area contributed by atoms with Crippen LogP contribution < -0.4 is 0 Å². The smallest absolute Gasteiger partial charge is 0.136 e. The van der Waals surface area contributed by atoms with E-state index in [0.717, 1.165) is 12.8 Å². The van der Waals surface area contributed by atoms with Crippen molar-refractivity contribution in [3.63, 3.8) is 0 Å². The van der Waals surface area contributed by atoms with Crippen LogP contribution in [-0.4, -0.2) is 5.11 Å². The number of aromatic hydroxyl groups is 1. The Morgan fingerprint density at radius 2 is 1.92 bits per heavy atom. The number of alkyl halides is 1. The highest BCUT2D eigenvalue weighted by molar-refractivity contribution is 5.31. The van der Waals surface area contributed by atoms with E-state index in [1.54, 1.807) is 18.2 Å². The average molecular weight is 180 g/mol. The second kappa shape index (κ2) is 3.02. The molecule has 1 aromatic carbocycles. The van der Waals surface area contributed by atoms with Gasteiger partial charge in [-0.25, -0.2) is 4.39 Å². The van der Waals surface area contributed by atoms with Gasteiger partial charge < -0.3 is 5.11 Å². The van der Waals surface area contributed by atoms with Gasteiger partial charge in [-0.1, -0.05) is 12.1 Å². The summed E-state index contributed by atoms with van der Waals surface area (Å²) < 4.78 is 14.1. The van der Waals surface area contributed by atoms with Crippen LogP contribution >= 0.6 is 0 Å². The molecule has 1 aromatic rings. The monoisotopic (exact) mass is 180 g/mol. The van der Waals surface area contributed by atoms with Gasteiger partial charge in [0.05, 0.1) is 0 Å². The van der Waals surface area contributed by atoms with E-state index in [2.05, 4.69) is 0 Å². The summed E-state index contributed by atoms with van der Waals surface area (Å²) in [6.45, 7) is 0. The van der Waals surface area contributed by atoms with Crippen molar-refractivity contribution in [1.82, 2.24) is 0 Å². The zero-order valence-corrected chi connectivity index (χ0v) is 7.46. The maximum atomic E-state index is 14.1. The van der Waals surface area contributed by atoms with Crippen LogP contribution in [0.3, 0.4) is 0 Å². The average Bonchev–Trinajstić information content (AvgIpc) is 2.54. The standard InChI is InChI=1S/C11H13FO/c12-11(6-1-2-7-11)9-4-3-5-10(13)8-9/h3-5,8,13H,1-2,6-7H2. The second-order valence-corrected chi connectivity index (χ2v) is 3.72. The SMILES string of the molecule is Oc1cccc(C2(F)CCCC2)c1. The summed E-state index contributed by atoms with van der Waals surface area (Å²) in [7, 11) is 0. The molecule has 2 heteroatoms. The quantitative estimate of drug-likeness (QED) is 0.704. The van der Waals surface area contributed by atoms with Crippen molar-refractivity contribution in [2.45, 2.75) is 31.4 Å². The van der Waals surface area contributed by atoms with Crippen molar-refractivity contribution in [3.05, 3.63) is 29.8 Å². The molecule has 1 aliphatic rings. The third-order valence-corrected chi connectivity index (χ3v) is 2.76. The Hall–Kier alpha value is -1.05. The first-order valence-corrected chi connectivity index (χ1v) is 4.69. The summed E-state index contributed by atoms with van der Waals surface area (Å²) in [5.74, 6) is 0.154. The molecule has 1 N–H and O–H groups in total. The molecule has 0 aliphatic heterocycles. The predicted molar refractivity (Wildman–Crippen MR) is 49.4 cm³/mol. The first-order chi connectivity index (χ1) is 6.21. The summed E-state index contributed by atoms with van der Waals surface area (Å²) in [5, 5.41) is 9.22. The molecule has 1 fully saturated rings. The maximum absolute atomic E-state index is 14.1. The van der Waals surface area contributed by atoms with E-state index in [1.165, 1.54) is 6.07 Å². The first-order valence-electron chi connectivity index (χ1n) is 4.69. The summed E-state index contributed by atoms with van der Waals surface area (Å²) in [4.78, 5) is 0. The lowest BCUT2D eigenvalue weighted by molar-refractivity contribution is 0.174. The molecule has 0 heterocycles. The van der Waals surface area contributed by atoms with Crippen LogP contribution in [0.4, 0.5) is 4.39 Å². The van der Waals surface area contributed by atoms with E-state index in [4.69, 9.17) is 0 Å². The molecule has 0 bridgehead atoms. The molecule has 0 radical (unpaired) electrons.